The van der Waals surface area contributed by atoms with E-state index < -0.39 is 0 Å². The largest absolute Gasteiger partial charge is 0.359 e. The van der Waals surface area contributed by atoms with E-state index in [1.807, 2.05) is 6.20 Å². The van der Waals surface area contributed by atoms with E-state index >= 15 is 0 Å². The fourth-order valence-electron chi connectivity index (χ4n) is 4.01. The van der Waals surface area contributed by atoms with Gasteiger partial charge in [-0.25, -0.2) is 0 Å². The maximum absolute atomic E-state index is 4.20. The number of rotatable bonds is 3. The Morgan fingerprint density at radius 2 is 1.88 bits per heavy atom. The molecule has 1 N–H and O–H groups in total. The zero-order valence-electron chi connectivity index (χ0n) is 14.4. The summed E-state index contributed by atoms with van der Waals surface area (Å²) >= 11 is 0. The Labute approximate surface area is 145 Å². The van der Waals surface area contributed by atoms with Crippen LogP contribution in [0.5, 0.6) is 0 Å². The van der Waals surface area contributed by atoms with Gasteiger partial charge >= 0.3 is 0 Å². The smallest absolute Gasteiger partial charge is 0.155 e. The number of hydrogen-bond acceptors (Lipinski definition) is 1. The van der Waals surface area contributed by atoms with Crippen LogP contribution in [-0.2, 0) is 0 Å². The number of hydrogen-bond donors (Lipinski definition) is 1. The van der Waals surface area contributed by atoms with Gasteiger partial charge in [-0.1, -0.05) is 74.2 Å². The zero-order chi connectivity index (χ0) is 16.5. The summed E-state index contributed by atoms with van der Waals surface area (Å²) in [7, 11) is 4.57. The second-order valence-corrected chi connectivity index (χ2v) is 7.02. The predicted molar refractivity (Wildman–Crippen MR) is 103 cm³/mol. The highest BCUT2D eigenvalue weighted by Gasteiger charge is 2.23. The lowest BCUT2D eigenvalue weighted by molar-refractivity contribution is 0.502. The average molecular weight is 315 g/mol. The van der Waals surface area contributed by atoms with Gasteiger partial charge < -0.3 is 9.88 Å². The minimum Gasteiger partial charge on any atom is -0.359 e. The molecule has 2 nitrogen and oxygen atoms in total. The lowest BCUT2D eigenvalue weighted by Gasteiger charge is -2.27. The SMILES string of the molecule is C=C1c2[nH]ccc2C(c2ccccc2[B]C2CCCCC2)=CN1C. The summed E-state index contributed by atoms with van der Waals surface area (Å²) in [6, 6.07) is 11.0. The fraction of sp³-hybridized carbons (Fsp3) is 0.333. The van der Waals surface area contributed by atoms with Gasteiger partial charge in [0.1, 0.15) is 0 Å². The Balaban J connectivity index is 1.72. The molecule has 2 aromatic rings. The monoisotopic (exact) mass is 315 g/mol. The number of fused-ring (bicyclic) bond motifs is 1. The van der Waals surface area contributed by atoms with E-state index in [2.05, 4.69) is 67.3 Å². The Kier molecular flexibility index (Phi) is 4.09. The van der Waals surface area contributed by atoms with Gasteiger partial charge in [0, 0.05) is 30.6 Å². The van der Waals surface area contributed by atoms with E-state index in [9.17, 15) is 0 Å². The molecule has 4 rings (SSSR count). The summed E-state index contributed by atoms with van der Waals surface area (Å²) in [5, 5.41) is 0. The maximum Gasteiger partial charge on any atom is 0.155 e. The number of nitrogens with zero attached hydrogens (tertiary/aromatic N) is 1. The molecule has 0 bridgehead atoms. The third-order valence-corrected chi connectivity index (χ3v) is 5.39. The van der Waals surface area contributed by atoms with Crippen LogP contribution in [0.25, 0.3) is 11.3 Å². The van der Waals surface area contributed by atoms with Crippen LogP contribution in [-0.4, -0.2) is 24.2 Å². The van der Waals surface area contributed by atoms with Gasteiger partial charge in [-0.05, 0) is 11.6 Å². The van der Waals surface area contributed by atoms with Gasteiger partial charge in [-0.3, -0.25) is 0 Å². The molecule has 0 spiro atoms. The van der Waals surface area contributed by atoms with Crippen LogP contribution in [0, 0.1) is 0 Å². The first-order chi connectivity index (χ1) is 11.7. The highest BCUT2D eigenvalue weighted by molar-refractivity contribution is 6.56. The first-order valence-corrected chi connectivity index (χ1v) is 9.00. The van der Waals surface area contributed by atoms with Gasteiger partial charge in [0.05, 0.1) is 11.4 Å². The standard InChI is InChI=1S/C21H24BN2/c1-15-21-18(12-13-23-21)19(14-24(15)2)17-10-6-7-11-20(17)22-16-8-4-3-5-9-16/h6-7,10-14,16,23H,1,3-5,8-9H2,2H3. The highest BCUT2D eigenvalue weighted by Crippen LogP contribution is 2.35. The molecule has 0 saturated heterocycles. The van der Waals surface area contributed by atoms with Crippen molar-refractivity contribution in [2.24, 2.45) is 0 Å². The van der Waals surface area contributed by atoms with E-state index in [0.29, 0.717) is 0 Å². The van der Waals surface area contributed by atoms with E-state index in [1.54, 1.807) is 0 Å². The Bertz CT molecular complexity index is 781. The van der Waals surface area contributed by atoms with Gasteiger partial charge in [-0.15, -0.1) is 0 Å². The Morgan fingerprint density at radius 1 is 1.08 bits per heavy atom. The van der Waals surface area contributed by atoms with Crippen molar-refractivity contribution in [2.75, 3.05) is 7.05 Å². The van der Waals surface area contributed by atoms with E-state index in [-0.39, 0.29) is 0 Å². The lowest BCUT2D eigenvalue weighted by Crippen LogP contribution is -2.26. The average Bonchev–Trinajstić information content (AvgIpc) is 3.10. The van der Waals surface area contributed by atoms with Crippen molar-refractivity contribution >= 4 is 24.0 Å². The zero-order valence-corrected chi connectivity index (χ0v) is 14.4. The molecule has 0 unspecified atom stereocenters. The number of aromatic nitrogens is 1. The fourth-order valence-corrected chi connectivity index (χ4v) is 4.01. The third-order valence-electron chi connectivity index (χ3n) is 5.39. The summed E-state index contributed by atoms with van der Waals surface area (Å²) in [5.41, 5.74) is 7.37. The van der Waals surface area contributed by atoms with Gasteiger partial charge in [0.2, 0.25) is 0 Å². The molecule has 2 heterocycles. The summed E-state index contributed by atoms with van der Waals surface area (Å²) in [4.78, 5) is 5.46. The maximum atomic E-state index is 4.20. The van der Waals surface area contributed by atoms with Crippen LogP contribution in [0.15, 0.2) is 49.3 Å². The van der Waals surface area contributed by atoms with Crippen molar-refractivity contribution in [3.05, 3.63) is 66.1 Å². The first-order valence-electron chi connectivity index (χ1n) is 9.00. The minimum absolute atomic E-state index is 0.725. The van der Waals surface area contributed by atoms with Crippen LogP contribution in [0.2, 0.25) is 5.82 Å². The summed E-state index contributed by atoms with van der Waals surface area (Å²) in [5.74, 6) is 0.725. The molecule has 1 aromatic heterocycles. The first kappa shape index (κ1) is 15.4. The second-order valence-electron chi connectivity index (χ2n) is 7.02. The molecule has 1 saturated carbocycles. The summed E-state index contributed by atoms with van der Waals surface area (Å²) in [6.45, 7) is 4.20. The molecule has 1 aliphatic carbocycles. The van der Waals surface area contributed by atoms with Crippen molar-refractivity contribution in [3.63, 3.8) is 0 Å². The van der Waals surface area contributed by atoms with Crippen molar-refractivity contribution in [1.82, 2.24) is 9.88 Å². The van der Waals surface area contributed by atoms with Crippen LogP contribution in [0.3, 0.4) is 0 Å². The quantitative estimate of drug-likeness (QED) is 0.832. The van der Waals surface area contributed by atoms with Crippen molar-refractivity contribution < 1.29 is 0 Å². The molecule has 0 atom stereocenters. The molecule has 1 aliphatic heterocycles. The summed E-state index contributed by atoms with van der Waals surface area (Å²) in [6.07, 6.45) is 11.0. The predicted octanol–water partition coefficient (Wildman–Crippen LogP) is 4.40. The number of nitrogens with one attached hydrogen (secondary N) is 1. The molecule has 2 aliphatic rings. The van der Waals surface area contributed by atoms with Gasteiger partial charge in [0.15, 0.2) is 7.28 Å². The molecular weight excluding hydrogens is 291 g/mol. The molecule has 3 heteroatoms. The van der Waals surface area contributed by atoms with Crippen molar-refractivity contribution in [2.45, 2.75) is 37.9 Å². The Hall–Kier alpha value is -2.16. The summed E-state index contributed by atoms with van der Waals surface area (Å²) < 4.78 is 0. The van der Waals surface area contributed by atoms with E-state index in [0.717, 1.165) is 17.2 Å². The van der Waals surface area contributed by atoms with Gasteiger partial charge in [0.25, 0.3) is 0 Å². The molecular formula is C21H24BN2. The van der Waals surface area contributed by atoms with Crippen LogP contribution in [0.4, 0.5) is 0 Å². The third kappa shape index (κ3) is 2.73. The number of H-pyrrole nitrogens is 1. The van der Waals surface area contributed by atoms with Crippen LogP contribution < -0.4 is 5.46 Å². The molecule has 1 radical (unpaired) electrons. The lowest BCUT2D eigenvalue weighted by atomic mass is 9.53. The Morgan fingerprint density at radius 3 is 2.71 bits per heavy atom. The molecule has 24 heavy (non-hydrogen) atoms. The molecule has 1 aromatic carbocycles. The topological polar surface area (TPSA) is 19.0 Å². The highest BCUT2D eigenvalue weighted by atomic mass is 15.1. The van der Waals surface area contributed by atoms with Crippen molar-refractivity contribution in [3.8, 4) is 0 Å². The minimum atomic E-state index is 0.725. The molecule has 0 amide bonds. The van der Waals surface area contributed by atoms with E-state index in [1.165, 1.54) is 54.3 Å². The second kappa shape index (κ2) is 6.39. The number of benzene rings is 1. The van der Waals surface area contributed by atoms with Gasteiger partial charge in [-0.2, -0.15) is 0 Å². The normalized spacial score (nSPS) is 18.3. The molecule has 121 valence electrons. The van der Waals surface area contributed by atoms with E-state index in [4.69, 9.17) is 0 Å². The van der Waals surface area contributed by atoms with Crippen LogP contribution in [0.1, 0.15) is 48.9 Å². The van der Waals surface area contributed by atoms with Crippen LogP contribution >= 0.6 is 0 Å². The molecule has 1 fully saturated rings. The number of aromatic amines is 1. The van der Waals surface area contributed by atoms with Crippen molar-refractivity contribution in [1.29, 1.82) is 0 Å².